The Balaban J connectivity index is 1.67. The minimum absolute atomic E-state index is 0.163. The number of nitrogens with zero attached hydrogens (tertiary/aromatic N) is 1. The first-order chi connectivity index (χ1) is 10.3. The van der Waals surface area contributed by atoms with Gasteiger partial charge in [0.05, 0.1) is 12.6 Å². The van der Waals surface area contributed by atoms with Crippen molar-refractivity contribution in [1.82, 2.24) is 4.90 Å². The molecule has 0 bridgehead atoms. The summed E-state index contributed by atoms with van der Waals surface area (Å²) in [5.74, 6) is 0.472. The Morgan fingerprint density at radius 1 is 1.38 bits per heavy atom. The van der Waals surface area contributed by atoms with E-state index in [0.29, 0.717) is 5.91 Å². The highest BCUT2D eigenvalue weighted by molar-refractivity contribution is 7.09. The van der Waals surface area contributed by atoms with Crippen molar-refractivity contribution in [3.8, 4) is 0 Å². The molecule has 0 aromatic carbocycles. The molecule has 4 heteroatoms. The fourth-order valence-electron chi connectivity index (χ4n) is 3.13. The summed E-state index contributed by atoms with van der Waals surface area (Å²) in [5.41, 5.74) is 0. The zero-order valence-electron chi connectivity index (χ0n) is 12.4. The van der Waals surface area contributed by atoms with Crippen LogP contribution in [-0.2, 0) is 16.1 Å². The summed E-state index contributed by atoms with van der Waals surface area (Å²) >= 11 is 1.72. The first-order valence-electron chi connectivity index (χ1n) is 7.90. The lowest BCUT2D eigenvalue weighted by Gasteiger charge is -2.29. The molecule has 21 heavy (non-hydrogen) atoms. The van der Waals surface area contributed by atoms with Gasteiger partial charge in [-0.3, -0.25) is 4.79 Å². The maximum atomic E-state index is 12.9. The SMILES string of the molecule is O=C(C1CC=CCC1)N(Cc1cccs1)CC1CCCO1. The van der Waals surface area contributed by atoms with Crippen LogP contribution in [0.15, 0.2) is 29.7 Å². The zero-order valence-corrected chi connectivity index (χ0v) is 13.2. The molecule has 1 aliphatic heterocycles. The van der Waals surface area contributed by atoms with Crippen molar-refractivity contribution in [3.05, 3.63) is 34.5 Å². The molecule has 0 N–H and O–H groups in total. The Bertz CT molecular complexity index is 477. The van der Waals surface area contributed by atoms with Crippen LogP contribution in [0.3, 0.4) is 0 Å². The molecule has 1 aliphatic carbocycles. The number of carbonyl (C=O) groups excluding carboxylic acids is 1. The standard InChI is InChI=1S/C17H23NO2S/c19-17(14-6-2-1-3-7-14)18(12-15-8-4-10-20-15)13-16-9-5-11-21-16/h1-2,5,9,11,14-15H,3-4,6-8,10,12-13H2. The molecule has 1 fully saturated rings. The molecule has 2 atom stereocenters. The topological polar surface area (TPSA) is 29.5 Å². The molecule has 1 aromatic rings. The van der Waals surface area contributed by atoms with Gasteiger partial charge in [-0.2, -0.15) is 0 Å². The highest BCUT2D eigenvalue weighted by atomic mass is 32.1. The van der Waals surface area contributed by atoms with E-state index in [1.54, 1.807) is 11.3 Å². The molecular formula is C17H23NO2S. The van der Waals surface area contributed by atoms with Crippen LogP contribution in [0.4, 0.5) is 0 Å². The molecule has 0 spiro atoms. The fraction of sp³-hybridized carbons (Fsp3) is 0.588. The third-order valence-corrected chi connectivity index (χ3v) is 5.17. The van der Waals surface area contributed by atoms with Crippen molar-refractivity contribution < 1.29 is 9.53 Å². The van der Waals surface area contributed by atoms with Crippen LogP contribution < -0.4 is 0 Å². The van der Waals surface area contributed by atoms with Gasteiger partial charge in [-0.15, -0.1) is 11.3 Å². The Hall–Kier alpha value is -1.13. The van der Waals surface area contributed by atoms with Crippen molar-refractivity contribution in [2.75, 3.05) is 13.2 Å². The van der Waals surface area contributed by atoms with E-state index >= 15 is 0 Å². The third kappa shape index (κ3) is 3.95. The van der Waals surface area contributed by atoms with E-state index in [-0.39, 0.29) is 12.0 Å². The maximum absolute atomic E-state index is 12.9. The average Bonchev–Trinajstić information content (AvgIpc) is 3.20. The average molecular weight is 305 g/mol. The molecule has 114 valence electrons. The van der Waals surface area contributed by atoms with Crippen LogP contribution in [0.1, 0.15) is 37.0 Å². The van der Waals surface area contributed by atoms with Crippen molar-refractivity contribution >= 4 is 17.2 Å². The van der Waals surface area contributed by atoms with Crippen LogP contribution in [-0.4, -0.2) is 30.1 Å². The second-order valence-electron chi connectivity index (χ2n) is 5.91. The van der Waals surface area contributed by atoms with E-state index in [2.05, 4.69) is 29.7 Å². The highest BCUT2D eigenvalue weighted by Gasteiger charge is 2.28. The van der Waals surface area contributed by atoms with Crippen LogP contribution in [0.25, 0.3) is 0 Å². The predicted octanol–water partition coefficient (Wildman–Crippen LogP) is 3.61. The van der Waals surface area contributed by atoms with E-state index in [0.717, 1.165) is 51.8 Å². The van der Waals surface area contributed by atoms with Crippen molar-refractivity contribution in [3.63, 3.8) is 0 Å². The molecule has 2 unspecified atom stereocenters. The molecule has 2 aliphatic rings. The summed E-state index contributed by atoms with van der Waals surface area (Å²) < 4.78 is 5.74. The van der Waals surface area contributed by atoms with Crippen molar-refractivity contribution in [1.29, 1.82) is 0 Å². The summed E-state index contributed by atoms with van der Waals surface area (Å²) in [6.07, 6.45) is 9.69. The molecule has 0 radical (unpaired) electrons. The van der Waals surface area contributed by atoms with Crippen molar-refractivity contribution in [2.24, 2.45) is 5.92 Å². The maximum Gasteiger partial charge on any atom is 0.226 e. The van der Waals surface area contributed by atoms with Crippen LogP contribution in [0.2, 0.25) is 0 Å². The molecule has 3 nitrogen and oxygen atoms in total. The van der Waals surface area contributed by atoms with Gasteiger partial charge in [0.1, 0.15) is 0 Å². The number of hydrogen-bond acceptors (Lipinski definition) is 3. The summed E-state index contributed by atoms with van der Waals surface area (Å²) in [6, 6.07) is 4.17. The smallest absolute Gasteiger partial charge is 0.226 e. The van der Waals surface area contributed by atoms with E-state index in [1.807, 2.05) is 4.90 Å². The van der Waals surface area contributed by atoms with Gasteiger partial charge in [-0.25, -0.2) is 0 Å². The monoisotopic (exact) mass is 305 g/mol. The number of hydrogen-bond donors (Lipinski definition) is 0. The number of allylic oxidation sites excluding steroid dienone is 2. The second-order valence-corrected chi connectivity index (χ2v) is 6.95. The normalized spacial score (nSPS) is 25.1. The predicted molar refractivity (Wildman–Crippen MR) is 85.2 cm³/mol. The lowest BCUT2D eigenvalue weighted by molar-refractivity contribution is -0.138. The first-order valence-corrected chi connectivity index (χ1v) is 8.78. The van der Waals surface area contributed by atoms with Crippen LogP contribution >= 0.6 is 11.3 Å². The van der Waals surface area contributed by atoms with Crippen molar-refractivity contribution in [2.45, 2.75) is 44.8 Å². The van der Waals surface area contributed by atoms with Crippen LogP contribution in [0, 0.1) is 5.92 Å². The van der Waals surface area contributed by atoms with Gasteiger partial charge in [-0.1, -0.05) is 18.2 Å². The molecule has 1 amide bonds. The summed E-state index contributed by atoms with van der Waals surface area (Å²) in [6.45, 7) is 2.32. The third-order valence-electron chi connectivity index (χ3n) is 4.30. The van der Waals surface area contributed by atoms with Gasteiger partial charge in [-0.05, 0) is 43.6 Å². The Kier molecular flexibility index (Phi) is 5.09. The summed E-state index contributed by atoms with van der Waals surface area (Å²) in [5, 5.41) is 2.08. The number of thiophene rings is 1. The summed E-state index contributed by atoms with van der Waals surface area (Å²) in [4.78, 5) is 16.1. The minimum Gasteiger partial charge on any atom is -0.376 e. The first kappa shape index (κ1) is 14.8. The molecule has 2 heterocycles. The molecule has 1 aromatic heterocycles. The lowest BCUT2D eigenvalue weighted by atomic mass is 9.93. The largest absolute Gasteiger partial charge is 0.376 e. The Morgan fingerprint density at radius 3 is 3.00 bits per heavy atom. The number of carbonyl (C=O) groups is 1. The highest BCUT2D eigenvalue weighted by Crippen LogP contribution is 2.24. The lowest BCUT2D eigenvalue weighted by Crippen LogP contribution is -2.40. The molecule has 3 rings (SSSR count). The fourth-order valence-corrected chi connectivity index (χ4v) is 3.85. The van der Waals surface area contributed by atoms with E-state index in [1.165, 1.54) is 4.88 Å². The second kappa shape index (κ2) is 7.23. The Morgan fingerprint density at radius 2 is 2.33 bits per heavy atom. The number of ether oxygens (including phenoxy) is 1. The molecule has 1 saturated heterocycles. The van der Waals surface area contributed by atoms with Gasteiger partial charge in [0.2, 0.25) is 5.91 Å². The van der Waals surface area contributed by atoms with Crippen LogP contribution in [0.5, 0.6) is 0 Å². The zero-order chi connectivity index (χ0) is 14.5. The minimum atomic E-state index is 0.163. The van der Waals surface area contributed by atoms with E-state index in [9.17, 15) is 4.79 Å². The van der Waals surface area contributed by atoms with Gasteiger partial charge in [0.25, 0.3) is 0 Å². The number of rotatable bonds is 5. The molecule has 0 saturated carbocycles. The quantitative estimate of drug-likeness (QED) is 0.778. The molecular weight excluding hydrogens is 282 g/mol. The van der Waals surface area contributed by atoms with E-state index < -0.39 is 0 Å². The van der Waals surface area contributed by atoms with E-state index in [4.69, 9.17) is 4.74 Å². The van der Waals surface area contributed by atoms with Gasteiger partial charge in [0.15, 0.2) is 0 Å². The van der Waals surface area contributed by atoms with Gasteiger partial charge >= 0.3 is 0 Å². The summed E-state index contributed by atoms with van der Waals surface area (Å²) in [7, 11) is 0. The Labute approximate surface area is 130 Å². The number of amides is 1. The van der Waals surface area contributed by atoms with Gasteiger partial charge < -0.3 is 9.64 Å². The van der Waals surface area contributed by atoms with Gasteiger partial charge in [0, 0.05) is 23.9 Å².